The Morgan fingerprint density at radius 1 is 0.400 bits per heavy atom. The van der Waals surface area contributed by atoms with Crippen LogP contribution in [-0.2, 0) is 12.8 Å². The highest BCUT2D eigenvalue weighted by atomic mass is 15.1. The molecule has 0 aliphatic heterocycles. The van der Waals surface area contributed by atoms with Gasteiger partial charge in [-0.2, -0.15) is 0 Å². The van der Waals surface area contributed by atoms with Crippen LogP contribution in [0.2, 0.25) is 0 Å². The van der Waals surface area contributed by atoms with Crippen LogP contribution in [0, 0.1) is 27.7 Å². The minimum absolute atomic E-state index is 0.598. The van der Waals surface area contributed by atoms with Crippen molar-refractivity contribution in [3.05, 3.63) is 148 Å². The van der Waals surface area contributed by atoms with Crippen molar-refractivity contribution in [3.8, 4) is 11.1 Å². The Morgan fingerprint density at radius 2 is 0.745 bits per heavy atom. The number of nitrogens with zero attached hydrogens (tertiary/aromatic N) is 1. The Hall–Kier alpha value is -4.10. The zero-order valence-corrected chi connectivity index (χ0v) is 36.0. The molecule has 0 aliphatic carbocycles. The summed E-state index contributed by atoms with van der Waals surface area (Å²) in [6.07, 6.45) is 20.0. The predicted octanol–water partition coefficient (Wildman–Crippen LogP) is 17.1. The van der Waals surface area contributed by atoms with E-state index in [1.807, 2.05) is 0 Å². The second-order valence-corrected chi connectivity index (χ2v) is 16.3. The average Bonchev–Trinajstić information content (AvgIpc) is 3.19. The van der Waals surface area contributed by atoms with Gasteiger partial charge in [0.15, 0.2) is 0 Å². The van der Waals surface area contributed by atoms with Crippen molar-refractivity contribution in [2.24, 2.45) is 0 Å². The monoisotopic (exact) mass is 736 g/mol. The van der Waals surface area contributed by atoms with Crippen LogP contribution in [0.1, 0.15) is 156 Å². The van der Waals surface area contributed by atoms with E-state index >= 15 is 0 Å². The van der Waals surface area contributed by atoms with Crippen LogP contribution < -0.4 is 4.90 Å². The number of benzene rings is 5. The van der Waals surface area contributed by atoms with Crippen LogP contribution in [-0.4, -0.2) is 0 Å². The Labute approximate surface area is 337 Å². The zero-order chi connectivity index (χ0) is 39.4. The van der Waals surface area contributed by atoms with Gasteiger partial charge >= 0.3 is 0 Å². The van der Waals surface area contributed by atoms with Crippen LogP contribution in [0.5, 0.6) is 0 Å². The molecule has 5 aromatic rings. The molecule has 5 rings (SSSR count). The van der Waals surface area contributed by atoms with Crippen LogP contribution in [0.3, 0.4) is 0 Å². The molecule has 294 valence electrons. The standard InChI is InChI=1S/C30H46.C24H27N/c1-5-7-9-11-13-15-17-27-23-25(3)19-21-29(27)30-22-20-26(4)24-28(30)18-16-14-12-10-8-6-2;1-5-20(4)21-10-16-24(17-11-21)25(22-12-6-18(2)7-13-22)23-14-8-19(3)9-15-23/h19-24H,5-18H2,1-4H3;6-17,20H,5H2,1-4H3. The minimum atomic E-state index is 0.598. The maximum Gasteiger partial charge on any atom is 0.0461 e. The van der Waals surface area contributed by atoms with E-state index in [0.29, 0.717) is 5.92 Å². The first-order chi connectivity index (χ1) is 26.7. The zero-order valence-electron chi connectivity index (χ0n) is 36.0. The van der Waals surface area contributed by atoms with Gasteiger partial charge in [0, 0.05) is 17.1 Å². The van der Waals surface area contributed by atoms with Crippen LogP contribution in [0.4, 0.5) is 17.1 Å². The SMILES string of the molecule is CCC(C)c1ccc(N(c2ccc(C)cc2)c2ccc(C)cc2)cc1.CCCCCCCCc1cc(C)ccc1-c1ccc(C)cc1CCCCCCCC. The largest absolute Gasteiger partial charge is 0.311 e. The molecule has 0 N–H and O–H groups in total. The van der Waals surface area contributed by atoms with E-state index in [-0.39, 0.29) is 0 Å². The Balaban J connectivity index is 0.000000248. The summed E-state index contributed by atoms with van der Waals surface area (Å²) in [5.74, 6) is 0.598. The number of anilines is 3. The first kappa shape index (κ1) is 43.6. The molecular formula is C54H73N. The van der Waals surface area contributed by atoms with Gasteiger partial charge in [0.25, 0.3) is 0 Å². The highest BCUT2D eigenvalue weighted by Crippen LogP contribution is 2.36. The first-order valence-corrected chi connectivity index (χ1v) is 22.0. The molecule has 0 saturated carbocycles. The van der Waals surface area contributed by atoms with Crippen molar-refractivity contribution in [1.29, 1.82) is 0 Å². The quantitative estimate of drug-likeness (QED) is 0.0720. The number of unbranched alkanes of at least 4 members (excludes halogenated alkanes) is 10. The summed E-state index contributed by atoms with van der Waals surface area (Å²) in [7, 11) is 0. The summed E-state index contributed by atoms with van der Waals surface area (Å²) in [4.78, 5) is 2.32. The normalized spacial score (nSPS) is 11.6. The molecule has 0 fully saturated rings. The average molecular weight is 736 g/mol. The summed E-state index contributed by atoms with van der Waals surface area (Å²) in [6.45, 7) is 17.8. The molecule has 5 aromatic carbocycles. The number of aryl methyl sites for hydroxylation is 6. The van der Waals surface area contributed by atoms with Crippen molar-refractivity contribution >= 4 is 17.1 Å². The Kier molecular flexibility index (Phi) is 18.8. The third-order valence-electron chi connectivity index (χ3n) is 11.3. The third kappa shape index (κ3) is 14.2. The molecule has 0 aliphatic rings. The second-order valence-electron chi connectivity index (χ2n) is 16.3. The molecule has 0 amide bonds. The molecule has 0 bridgehead atoms. The molecule has 1 heteroatoms. The van der Waals surface area contributed by atoms with E-state index < -0.39 is 0 Å². The third-order valence-corrected chi connectivity index (χ3v) is 11.3. The van der Waals surface area contributed by atoms with Gasteiger partial charge < -0.3 is 4.90 Å². The van der Waals surface area contributed by atoms with Crippen molar-refractivity contribution in [1.82, 2.24) is 0 Å². The Bertz CT molecular complexity index is 1690. The van der Waals surface area contributed by atoms with Crippen molar-refractivity contribution < 1.29 is 0 Å². The van der Waals surface area contributed by atoms with Crippen LogP contribution in [0.15, 0.2) is 109 Å². The highest BCUT2D eigenvalue weighted by Gasteiger charge is 2.14. The van der Waals surface area contributed by atoms with Gasteiger partial charge in [0.05, 0.1) is 0 Å². The molecule has 0 saturated heterocycles. The summed E-state index contributed by atoms with van der Waals surface area (Å²) in [5.41, 5.74) is 16.4. The topological polar surface area (TPSA) is 3.24 Å². The van der Waals surface area contributed by atoms with E-state index in [9.17, 15) is 0 Å². The van der Waals surface area contributed by atoms with Gasteiger partial charge in [-0.3, -0.25) is 0 Å². The van der Waals surface area contributed by atoms with Crippen molar-refractivity contribution in [3.63, 3.8) is 0 Å². The molecule has 0 radical (unpaired) electrons. The number of hydrogen-bond acceptors (Lipinski definition) is 1. The molecule has 1 unspecified atom stereocenters. The predicted molar refractivity (Wildman–Crippen MR) is 245 cm³/mol. The minimum Gasteiger partial charge on any atom is -0.311 e. The Morgan fingerprint density at radius 3 is 1.13 bits per heavy atom. The molecule has 1 atom stereocenters. The lowest BCUT2D eigenvalue weighted by atomic mass is 9.89. The second kappa shape index (κ2) is 23.7. The molecule has 0 spiro atoms. The molecule has 1 nitrogen and oxygen atoms in total. The van der Waals surface area contributed by atoms with Gasteiger partial charge in [-0.1, -0.05) is 187 Å². The van der Waals surface area contributed by atoms with Gasteiger partial charge in [0.1, 0.15) is 0 Å². The molecule has 0 aromatic heterocycles. The summed E-state index contributed by atoms with van der Waals surface area (Å²) in [5, 5.41) is 0. The van der Waals surface area contributed by atoms with E-state index in [4.69, 9.17) is 0 Å². The fourth-order valence-electron chi connectivity index (χ4n) is 7.60. The van der Waals surface area contributed by atoms with E-state index in [1.54, 1.807) is 11.1 Å². The summed E-state index contributed by atoms with van der Waals surface area (Å²) >= 11 is 0. The maximum atomic E-state index is 2.44. The van der Waals surface area contributed by atoms with Crippen LogP contribution >= 0.6 is 0 Å². The highest BCUT2D eigenvalue weighted by molar-refractivity contribution is 5.77. The van der Waals surface area contributed by atoms with E-state index in [1.165, 1.54) is 152 Å². The van der Waals surface area contributed by atoms with Gasteiger partial charge in [-0.25, -0.2) is 0 Å². The fraction of sp³-hybridized carbons (Fsp3) is 0.444. The summed E-state index contributed by atoms with van der Waals surface area (Å²) in [6, 6.07) is 40.7. The number of hydrogen-bond donors (Lipinski definition) is 0. The lowest BCUT2D eigenvalue weighted by Crippen LogP contribution is -2.10. The number of rotatable bonds is 20. The maximum absolute atomic E-state index is 2.44. The van der Waals surface area contributed by atoms with Gasteiger partial charge in [-0.15, -0.1) is 0 Å². The fourth-order valence-corrected chi connectivity index (χ4v) is 7.60. The molecular weight excluding hydrogens is 663 g/mol. The van der Waals surface area contributed by atoms with E-state index in [0.717, 1.165) is 0 Å². The van der Waals surface area contributed by atoms with E-state index in [2.05, 4.69) is 169 Å². The lowest BCUT2D eigenvalue weighted by molar-refractivity contribution is 0.607. The van der Waals surface area contributed by atoms with Gasteiger partial charge in [-0.05, 0) is 130 Å². The smallest absolute Gasteiger partial charge is 0.0461 e. The first-order valence-electron chi connectivity index (χ1n) is 22.0. The van der Waals surface area contributed by atoms with Crippen molar-refractivity contribution in [2.45, 2.75) is 158 Å². The van der Waals surface area contributed by atoms with Crippen molar-refractivity contribution in [2.75, 3.05) is 4.90 Å². The van der Waals surface area contributed by atoms with Gasteiger partial charge in [0.2, 0.25) is 0 Å². The van der Waals surface area contributed by atoms with Crippen LogP contribution in [0.25, 0.3) is 11.1 Å². The molecule has 0 heterocycles. The lowest BCUT2D eigenvalue weighted by Gasteiger charge is -2.26. The summed E-state index contributed by atoms with van der Waals surface area (Å²) < 4.78 is 0. The molecule has 55 heavy (non-hydrogen) atoms.